The van der Waals surface area contributed by atoms with E-state index in [1.807, 2.05) is 13.0 Å². The number of hydrogen-bond donors (Lipinski definition) is 2. The van der Waals surface area contributed by atoms with Crippen LogP contribution in [0.2, 0.25) is 0 Å². The molecule has 0 aliphatic heterocycles. The van der Waals surface area contributed by atoms with Crippen molar-refractivity contribution in [2.24, 2.45) is 17.6 Å². The quantitative estimate of drug-likeness (QED) is 0.770. The average Bonchev–Trinajstić information content (AvgIpc) is 3.23. The maximum absolute atomic E-state index is 9.49. The lowest BCUT2D eigenvalue weighted by atomic mass is 9.78. The van der Waals surface area contributed by atoms with Gasteiger partial charge in [0.2, 0.25) is 0 Å². The van der Waals surface area contributed by atoms with Crippen LogP contribution >= 0.6 is 0 Å². The van der Waals surface area contributed by atoms with E-state index in [0.29, 0.717) is 6.10 Å². The zero-order chi connectivity index (χ0) is 18.9. The third-order valence-corrected chi connectivity index (χ3v) is 6.89. The third-order valence-electron chi connectivity index (χ3n) is 6.89. The van der Waals surface area contributed by atoms with Gasteiger partial charge in [-0.25, -0.2) is 0 Å². The van der Waals surface area contributed by atoms with Crippen molar-refractivity contribution >= 4 is 10.8 Å². The van der Waals surface area contributed by atoms with E-state index in [4.69, 9.17) is 10.5 Å². The zero-order valence-corrected chi connectivity index (χ0v) is 16.5. The van der Waals surface area contributed by atoms with Crippen LogP contribution in [-0.2, 0) is 5.54 Å². The van der Waals surface area contributed by atoms with E-state index in [1.54, 1.807) is 0 Å². The highest BCUT2D eigenvalue weighted by molar-refractivity contribution is 5.84. The summed E-state index contributed by atoms with van der Waals surface area (Å²) in [7, 11) is 0. The first-order valence-electron chi connectivity index (χ1n) is 10.7. The predicted octanol–water partition coefficient (Wildman–Crippen LogP) is 5.13. The van der Waals surface area contributed by atoms with Gasteiger partial charge in [0.1, 0.15) is 5.75 Å². The molecule has 0 bridgehead atoms. The van der Waals surface area contributed by atoms with Crippen LogP contribution in [0.4, 0.5) is 0 Å². The monoisotopic (exact) mass is 367 g/mol. The minimum absolute atomic E-state index is 0.0662. The second-order valence-corrected chi connectivity index (χ2v) is 9.00. The molecular formula is C24H33NO2. The molecule has 27 heavy (non-hydrogen) atoms. The Balaban J connectivity index is 1.40. The van der Waals surface area contributed by atoms with Crippen LogP contribution in [0.3, 0.4) is 0 Å². The minimum Gasteiger partial charge on any atom is -0.490 e. The van der Waals surface area contributed by atoms with Crippen molar-refractivity contribution < 1.29 is 9.84 Å². The Bertz CT molecular complexity index is 771. The molecule has 2 aliphatic carbocycles. The van der Waals surface area contributed by atoms with E-state index in [0.717, 1.165) is 33.9 Å². The molecular weight excluding hydrogens is 334 g/mol. The van der Waals surface area contributed by atoms with Crippen LogP contribution in [-0.4, -0.2) is 17.8 Å². The van der Waals surface area contributed by atoms with Gasteiger partial charge >= 0.3 is 0 Å². The fraction of sp³-hybridized carbons (Fsp3) is 0.583. The molecule has 0 heterocycles. The summed E-state index contributed by atoms with van der Waals surface area (Å²) in [6.45, 7) is 1.79. The van der Waals surface area contributed by atoms with E-state index in [1.165, 1.54) is 51.4 Å². The summed E-state index contributed by atoms with van der Waals surface area (Å²) in [6, 6.07) is 12.5. The molecule has 3 nitrogen and oxygen atoms in total. The summed E-state index contributed by atoms with van der Waals surface area (Å²) >= 11 is 0. The van der Waals surface area contributed by atoms with Crippen LogP contribution in [0.1, 0.15) is 63.9 Å². The van der Waals surface area contributed by atoms with Crippen LogP contribution in [0.5, 0.6) is 5.75 Å². The number of ether oxygens (including phenoxy) is 1. The first kappa shape index (κ1) is 18.8. The number of aliphatic hydroxyl groups excluding tert-OH is 1. The van der Waals surface area contributed by atoms with E-state index in [9.17, 15) is 5.11 Å². The SMILES string of the molecule is CC(N)(CO)c1ccc2cc(OC3CCC(C4CCCC4)CC3)ccc2c1. The largest absolute Gasteiger partial charge is 0.490 e. The number of hydrogen-bond acceptors (Lipinski definition) is 3. The van der Waals surface area contributed by atoms with Crippen LogP contribution < -0.4 is 10.5 Å². The molecule has 1 atom stereocenters. The Morgan fingerprint density at radius 3 is 2.26 bits per heavy atom. The summed E-state index contributed by atoms with van der Waals surface area (Å²) < 4.78 is 6.33. The van der Waals surface area contributed by atoms with Gasteiger partial charge in [0.15, 0.2) is 0 Å². The number of rotatable bonds is 5. The number of aliphatic hydroxyl groups is 1. The summed E-state index contributed by atoms with van der Waals surface area (Å²) in [4.78, 5) is 0. The van der Waals surface area contributed by atoms with Crippen LogP contribution in [0.15, 0.2) is 36.4 Å². The van der Waals surface area contributed by atoms with Gasteiger partial charge in [-0.2, -0.15) is 0 Å². The van der Waals surface area contributed by atoms with E-state index >= 15 is 0 Å². The van der Waals surface area contributed by atoms with E-state index < -0.39 is 5.54 Å². The van der Waals surface area contributed by atoms with Crippen molar-refractivity contribution in [2.75, 3.05) is 6.61 Å². The minimum atomic E-state index is -0.707. The first-order chi connectivity index (χ1) is 13.0. The molecule has 0 radical (unpaired) electrons. The van der Waals surface area contributed by atoms with Crippen LogP contribution in [0.25, 0.3) is 10.8 Å². The Morgan fingerprint density at radius 1 is 0.926 bits per heavy atom. The van der Waals surface area contributed by atoms with Crippen molar-refractivity contribution in [2.45, 2.75) is 69.9 Å². The fourth-order valence-corrected chi connectivity index (χ4v) is 5.04. The lowest BCUT2D eigenvalue weighted by Crippen LogP contribution is -2.36. The van der Waals surface area contributed by atoms with Gasteiger partial charge in [0.05, 0.1) is 18.2 Å². The molecule has 2 aliphatic rings. The smallest absolute Gasteiger partial charge is 0.120 e. The summed E-state index contributed by atoms with van der Waals surface area (Å²) in [5.41, 5.74) is 6.41. The van der Waals surface area contributed by atoms with Gasteiger partial charge in [-0.1, -0.05) is 43.9 Å². The van der Waals surface area contributed by atoms with Gasteiger partial charge in [0.25, 0.3) is 0 Å². The van der Waals surface area contributed by atoms with Gasteiger partial charge in [0, 0.05) is 0 Å². The van der Waals surface area contributed by atoms with E-state index in [-0.39, 0.29) is 6.61 Å². The fourth-order valence-electron chi connectivity index (χ4n) is 5.04. The molecule has 0 spiro atoms. The summed E-state index contributed by atoms with van der Waals surface area (Å²) in [6.07, 6.45) is 11.2. The molecule has 0 amide bonds. The molecule has 1 unspecified atom stereocenters. The second kappa shape index (κ2) is 7.81. The molecule has 2 fully saturated rings. The normalized spacial score (nSPS) is 26.2. The van der Waals surface area contributed by atoms with Crippen molar-refractivity contribution in [1.29, 1.82) is 0 Å². The molecule has 3 N–H and O–H groups in total. The first-order valence-corrected chi connectivity index (χ1v) is 10.7. The highest BCUT2D eigenvalue weighted by Crippen LogP contribution is 2.40. The summed E-state index contributed by atoms with van der Waals surface area (Å²) in [5.74, 6) is 2.91. The molecule has 2 aromatic carbocycles. The van der Waals surface area contributed by atoms with Crippen molar-refractivity contribution in [3.05, 3.63) is 42.0 Å². The highest BCUT2D eigenvalue weighted by atomic mass is 16.5. The van der Waals surface area contributed by atoms with Crippen molar-refractivity contribution in [3.8, 4) is 5.75 Å². The number of nitrogens with two attached hydrogens (primary N) is 1. The summed E-state index contributed by atoms with van der Waals surface area (Å²) in [5, 5.41) is 11.8. The maximum atomic E-state index is 9.49. The van der Waals surface area contributed by atoms with Gasteiger partial charge in [-0.15, -0.1) is 0 Å². The number of fused-ring (bicyclic) bond motifs is 1. The molecule has 4 rings (SSSR count). The van der Waals surface area contributed by atoms with Crippen molar-refractivity contribution in [1.82, 2.24) is 0 Å². The number of benzene rings is 2. The standard InChI is InChI=1S/C24H33NO2/c1-24(25,16-26)21-10-6-20-15-23(13-9-19(20)14-21)27-22-11-7-18(8-12-22)17-4-2-3-5-17/h6,9-10,13-15,17-18,22,26H,2-5,7-8,11-12,16,25H2,1H3. The van der Waals surface area contributed by atoms with Crippen LogP contribution in [0, 0.1) is 11.8 Å². The predicted molar refractivity (Wildman–Crippen MR) is 111 cm³/mol. The van der Waals surface area contributed by atoms with E-state index in [2.05, 4.69) is 30.3 Å². The van der Waals surface area contributed by atoms with Gasteiger partial charge in [-0.05, 0) is 79.0 Å². The van der Waals surface area contributed by atoms with Gasteiger partial charge < -0.3 is 15.6 Å². The molecule has 2 aromatic rings. The Labute approximate surface area is 162 Å². The maximum Gasteiger partial charge on any atom is 0.120 e. The highest BCUT2D eigenvalue weighted by Gasteiger charge is 2.30. The molecule has 0 aromatic heterocycles. The molecule has 0 saturated heterocycles. The lowest BCUT2D eigenvalue weighted by molar-refractivity contribution is 0.111. The Hall–Kier alpha value is -1.58. The Kier molecular flexibility index (Phi) is 5.43. The third kappa shape index (κ3) is 4.14. The molecule has 3 heteroatoms. The Morgan fingerprint density at radius 2 is 1.56 bits per heavy atom. The van der Waals surface area contributed by atoms with Crippen molar-refractivity contribution in [3.63, 3.8) is 0 Å². The van der Waals surface area contributed by atoms with Gasteiger partial charge in [-0.3, -0.25) is 0 Å². The zero-order valence-electron chi connectivity index (χ0n) is 16.5. The molecule has 2 saturated carbocycles. The second-order valence-electron chi connectivity index (χ2n) is 9.00. The molecule has 146 valence electrons. The average molecular weight is 368 g/mol. The topological polar surface area (TPSA) is 55.5 Å². The lowest BCUT2D eigenvalue weighted by Gasteiger charge is -2.32.